The van der Waals surface area contributed by atoms with Gasteiger partial charge < -0.3 is 5.32 Å². The van der Waals surface area contributed by atoms with E-state index in [-0.39, 0.29) is 0 Å². The lowest BCUT2D eigenvalue weighted by molar-refractivity contribution is -0.646. The van der Waals surface area contributed by atoms with Crippen molar-refractivity contribution in [2.75, 3.05) is 24.4 Å². The second-order valence-corrected chi connectivity index (χ2v) is 5.53. The van der Waals surface area contributed by atoms with Crippen molar-refractivity contribution >= 4 is 28.6 Å². The normalized spacial score (nSPS) is 11.3. The van der Waals surface area contributed by atoms with Gasteiger partial charge in [0.15, 0.2) is 11.0 Å². The molecule has 0 aliphatic heterocycles. The van der Waals surface area contributed by atoms with Crippen LogP contribution < -0.4 is 14.9 Å². The zero-order valence-electron chi connectivity index (χ0n) is 14.0. The van der Waals surface area contributed by atoms with Gasteiger partial charge in [0.2, 0.25) is 0 Å². The molecule has 0 spiro atoms. The molecule has 5 nitrogen and oxygen atoms in total. The average Bonchev–Trinajstić information content (AvgIpc) is 2.84. The third-order valence-electron chi connectivity index (χ3n) is 4.17. The van der Waals surface area contributed by atoms with Crippen LogP contribution in [0.2, 0.25) is 0 Å². The van der Waals surface area contributed by atoms with Crippen LogP contribution in [0.15, 0.2) is 53.6 Å². The molecule has 0 amide bonds. The van der Waals surface area contributed by atoms with Crippen molar-refractivity contribution in [3.63, 3.8) is 0 Å². The zero-order chi connectivity index (χ0) is 16.4. The van der Waals surface area contributed by atoms with Crippen molar-refractivity contribution in [3.05, 3.63) is 54.4 Å². The summed E-state index contributed by atoms with van der Waals surface area (Å²) in [6, 6.07) is 16.5. The first kappa shape index (κ1) is 15.1. The molecule has 3 rings (SSSR count). The Hall–Kier alpha value is -2.82. The summed E-state index contributed by atoms with van der Waals surface area (Å²) < 4.78 is 4.30. The first-order valence-electron chi connectivity index (χ1n) is 7.61. The van der Waals surface area contributed by atoms with E-state index in [4.69, 9.17) is 0 Å². The van der Waals surface area contributed by atoms with Crippen LogP contribution >= 0.6 is 0 Å². The van der Waals surface area contributed by atoms with Gasteiger partial charge in [-0.2, -0.15) is 5.10 Å². The minimum Gasteiger partial charge on any atom is -0.388 e. The minimum absolute atomic E-state index is 1.04. The first-order valence-corrected chi connectivity index (χ1v) is 7.61. The van der Waals surface area contributed by atoms with Crippen LogP contribution in [0.25, 0.3) is 11.0 Å². The maximum Gasteiger partial charge on any atom is 0.302 e. The fourth-order valence-corrected chi connectivity index (χ4v) is 2.73. The number of hydrogen-bond donors (Lipinski definition) is 1. The quantitative estimate of drug-likeness (QED) is 0.457. The van der Waals surface area contributed by atoms with Gasteiger partial charge in [-0.1, -0.05) is 12.1 Å². The van der Waals surface area contributed by atoms with Gasteiger partial charge in [-0.25, -0.2) is 9.13 Å². The van der Waals surface area contributed by atoms with Gasteiger partial charge in [-0.05, 0) is 36.4 Å². The fourth-order valence-electron chi connectivity index (χ4n) is 2.73. The Kier molecular flexibility index (Phi) is 4.02. The second kappa shape index (κ2) is 6.12. The SMILES string of the molecule is CNc1ccc(N(C)/N=C/c2n(C)c3ccccc3[n+]2C)cc1. The molecule has 0 bridgehead atoms. The monoisotopic (exact) mass is 308 g/mol. The number of benzene rings is 2. The largest absolute Gasteiger partial charge is 0.388 e. The van der Waals surface area contributed by atoms with Crippen molar-refractivity contribution in [1.82, 2.24) is 4.57 Å². The van der Waals surface area contributed by atoms with Crippen molar-refractivity contribution in [2.24, 2.45) is 19.2 Å². The summed E-state index contributed by atoms with van der Waals surface area (Å²) in [4.78, 5) is 0. The molecule has 0 saturated carbocycles. The van der Waals surface area contributed by atoms with E-state index in [1.165, 1.54) is 11.0 Å². The molecule has 0 unspecified atom stereocenters. The molecule has 0 aliphatic rings. The van der Waals surface area contributed by atoms with Crippen molar-refractivity contribution in [1.29, 1.82) is 0 Å². The summed E-state index contributed by atoms with van der Waals surface area (Å²) in [6.07, 6.45) is 1.89. The predicted octanol–water partition coefficient (Wildman–Crippen LogP) is 2.51. The topological polar surface area (TPSA) is 36.4 Å². The minimum atomic E-state index is 1.04. The summed E-state index contributed by atoms with van der Waals surface area (Å²) in [5.41, 5.74) is 4.52. The molecular weight excluding hydrogens is 286 g/mol. The van der Waals surface area contributed by atoms with Gasteiger partial charge in [0, 0.05) is 19.8 Å². The summed E-state index contributed by atoms with van der Waals surface area (Å²) in [5.74, 6) is 1.05. The lowest BCUT2D eigenvalue weighted by Gasteiger charge is -2.12. The predicted molar refractivity (Wildman–Crippen MR) is 96.1 cm³/mol. The summed E-state index contributed by atoms with van der Waals surface area (Å²) >= 11 is 0. The number of nitrogens with one attached hydrogen (secondary N) is 1. The Bertz CT molecular complexity index is 807. The van der Waals surface area contributed by atoms with E-state index in [2.05, 4.69) is 57.9 Å². The highest BCUT2D eigenvalue weighted by Crippen LogP contribution is 2.17. The Balaban J connectivity index is 1.90. The average molecular weight is 308 g/mol. The van der Waals surface area contributed by atoms with E-state index >= 15 is 0 Å². The number of aryl methyl sites for hydroxylation is 2. The Morgan fingerprint density at radius 2 is 1.83 bits per heavy atom. The number of aromatic nitrogens is 2. The Labute approximate surface area is 136 Å². The van der Waals surface area contributed by atoms with Crippen molar-refractivity contribution in [3.8, 4) is 0 Å². The lowest BCUT2D eigenvalue weighted by atomic mass is 10.3. The molecule has 0 atom stereocenters. The first-order chi connectivity index (χ1) is 11.1. The standard InChI is InChI=1S/C18H22N5/c1-19-14-9-11-15(12-10-14)23(4)20-13-18-21(2)16-7-5-6-8-17(16)22(18)3/h5-13,19H,1-4H3/q+1. The fraction of sp³-hybridized carbons (Fsp3) is 0.222. The van der Waals surface area contributed by atoms with Crippen molar-refractivity contribution in [2.45, 2.75) is 0 Å². The Morgan fingerprint density at radius 3 is 2.48 bits per heavy atom. The van der Waals surface area contributed by atoms with Crippen molar-refractivity contribution < 1.29 is 4.57 Å². The molecule has 0 fully saturated rings. The van der Waals surface area contributed by atoms with Crippen LogP contribution in [0.4, 0.5) is 11.4 Å². The van der Waals surface area contributed by atoms with Gasteiger partial charge >= 0.3 is 5.82 Å². The molecule has 1 N–H and O–H groups in total. The van der Waals surface area contributed by atoms with Gasteiger partial charge in [0.25, 0.3) is 0 Å². The van der Waals surface area contributed by atoms with Crippen LogP contribution in [0.3, 0.4) is 0 Å². The third kappa shape index (κ3) is 2.77. The number of nitrogens with zero attached hydrogens (tertiary/aromatic N) is 4. The zero-order valence-corrected chi connectivity index (χ0v) is 14.0. The molecule has 0 radical (unpaired) electrons. The molecule has 2 aromatic carbocycles. The van der Waals surface area contributed by atoms with Crippen LogP contribution in [-0.2, 0) is 14.1 Å². The maximum absolute atomic E-state index is 4.58. The number of anilines is 2. The van der Waals surface area contributed by atoms with E-state index in [1.54, 1.807) is 0 Å². The lowest BCUT2D eigenvalue weighted by Crippen LogP contribution is -2.33. The number of hydrogen-bond acceptors (Lipinski definition) is 3. The molecule has 1 heterocycles. The number of para-hydroxylation sites is 2. The van der Waals surface area contributed by atoms with Gasteiger partial charge in [0.05, 0.1) is 19.8 Å². The molecule has 23 heavy (non-hydrogen) atoms. The highest BCUT2D eigenvalue weighted by molar-refractivity contribution is 5.81. The molecule has 0 saturated heterocycles. The van der Waals surface area contributed by atoms with Gasteiger partial charge in [0.1, 0.15) is 6.21 Å². The van der Waals surface area contributed by atoms with Crippen LogP contribution in [-0.4, -0.2) is 24.9 Å². The van der Waals surface area contributed by atoms with Gasteiger partial charge in [-0.3, -0.25) is 5.01 Å². The van der Waals surface area contributed by atoms with E-state index in [9.17, 15) is 0 Å². The highest BCUT2D eigenvalue weighted by atomic mass is 15.4. The van der Waals surface area contributed by atoms with Gasteiger partial charge in [-0.15, -0.1) is 0 Å². The molecular formula is C18H22N5+. The van der Waals surface area contributed by atoms with Crippen LogP contribution in [0.5, 0.6) is 0 Å². The van der Waals surface area contributed by atoms with E-state index in [0.29, 0.717) is 0 Å². The molecule has 3 aromatic rings. The smallest absolute Gasteiger partial charge is 0.302 e. The van der Waals surface area contributed by atoms with E-state index < -0.39 is 0 Å². The molecule has 0 aliphatic carbocycles. The van der Waals surface area contributed by atoms with E-state index in [1.807, 2.05) is 49.6 Å². The summed E-state index contributed by atoms with van der Waals surface area (Å²) in [5, 5.41) is 9.57. The second-order valence-electron chi connectivity index (χ2n) is 5.53. The van der Waals surface area contributed by atoms with E-state index in [0.717, 1.165) is 17.2 Å². The molecule has 5 heteroatoms. The summed E-state index contributed by atoms with van der Waals surface area (Å²) in [7, 11) is 7.99. The number of fused-ring (bicyclic) bond motifs is 1. The molecule has 118 valence electrons. The molecule has 1 aromatic heterocycles. The van der Waals surface area contributed by atoms with Crippen LogP contribution in [0, 0.1) is 0 Å². The third-order valence-corrected chi connectivity index (χ3v) is 4.17. The number of hydrazone groups is 1. The summed E-state index contributed by atoms with van der Waals surface area (Å²) in [6.45, 7) is 0. The Morgan fingerprint density at radius 1 is 1.13 bits per heavy atom. The van der Waals surface area contributed by atoms with Crippen LogP contribution in [0.1, 0.15) is 5.82 Å². The number of imidazole rings is 1. The maximum atomic E-state index is 4.58. The highest BCUT2D eigenvalue weighted by Gasteiger charge is 2.17. The number of rotatable bonds is 4.